The van der Waals surface area contributed by atoms with Gasteiger partial charge in [0.1, 0.15) is 0 Å². The Morgan fingerprint density at radius 3 is 2.94 bits per heavy atom. The molecule has 90 valence electrons. The van der Waals surface area contributed by atoms with Crippen molar-refractivity contribution in [2.24, 2.45) is 5.73 Å². The Kier molecular flexibility index (Phi) is 4.31. The number of hydrogen-bond donors (Lipinski definition) is 1. The molecule has 0 aliphatic carbocycles. The van der Waals surface area contributed by atoms with Crippen molar-refractivity contribution >= 4 is 27.3 Å². The van der Waals surface area contributed by atoms with E-state index in [1.54, 1.807) is 11.3 Å². The molecule has 2 N–H and O–H groups in total. The lowest BCUT2D eigenvalue weighted by atomic mass is 10.2. The van der Waals surface area contributed by atoms with Crippen LogP contribution in [0.3, 0.4) is 0 Å². The van der Waals surface area contributed by atoms with Crippen LogP contribution < -0.4 is 5.73 Å². The maximum atomic E-state index is 5.58. The minimum Gasteiger partial charge on any atom is -0.330 e. The minimum atomic E-state index is 0.694. The zero-order chi connectivity index (χ0) is 12.3. The third-order valence-corrected chi connectivity index (χ3v) is 4.26. The van der Waals surface area contributed by atoms with Gasteiger partial charge in [0.15, 0.2) is 0 Å². The van der Waals surface area contributed by atoms with Gasteiger partial charge in [-0.15, -0.1) is 11.3 Å². The second-order valence-corrected chi connectivity index (χ2v) is 6.05. The van der Waals surface area contributed by atoms with Gasteiger partial charge in [-0.3, -0.25) is 0 Å². The first-order chi connectivity index (χ1) is 8.19. The molecule has 17 heavy (non-hydrogen) atoms. The maximum absolute atomic E-state index is 5.58. The van der Waals surface area contributed by atoms with Gasteiger partial charge >= 0.3 is 0 Å². The van der Waals surface area contributed by atoms with E-state index >= 15 is 0 Å². The lowest BCUT2D eigenvalue weighted by Gasteiger charge is -1.98. The molecule has 0 fully saturated rings. The molecule has 0 saturated carbocycles. The highest BCUT2D eigenvalue weighted by Gasteiger charge is 2.07. The molecule has 0 amide bonds. The van der Waals surface area contributed by atoms with Gasteiger partial charge in [-0.25, -0.2) is 4.98 Å². The number of halogens is 1. The molecule has 4 heteroatoms. The van der Waals surface area contributed by atoms with Crippen molar-refractivity contribution < 1.29 is 0 Å². The third-order valence-electron chi connectivity index (χ3n) is 2.55. The van der Waals surface area contributed by atoms with E-state index in [1.165, 1.54) is 15.4 Å². The Balaban J connectivity index is 2.16. The molecule has 0 aliphatic rings. The van der Waals surface area contributed by atoms with Gasteiger partial charge in [-0.1, -0.05) is 28.1 Å². The van der Waals surface area contributed by atoms with Crippen LogP contribution in [-0.2, 0) is 12.8 Å². The maximum Gasteiger partial charge on any atom is 0.0974 e. The van der Waals surface area contributed by atoms with Gasteiger partial charge < -0.3 is 5.73 Å². The Morgan fingerprint density at radius 2 is 2.24 bits per heavy atom. The van der Waals surface area contributed by atoms with E-state index < -0.39 is 0 Å². The summed E-state index contributed by atoms with van der Waals surface area (Å²) in [7, 11) is 0. The highest BCUT2D eigenvalue weighted by Crippen LogP contribution is 2.22. The average molecular weight is 311 g/mol. The third kappa shape index (κ3) is 3.37. The Bertz CT molecular complexity index is 508. The Morgan fingerprint density at radius 1 is 1.41 bits per heavy atom. The normalized spacial score (nSPS) is 10.8. The summed E-state index contributed by atoms with van der Waals surface area (Å²) in [4.78, 5) is 5.92. The number of rotatable bonds is 4. The molecule has 0 radical (unpaired) electrons. The standard InChI is InChI=1S/C13H15BrN2S/c1-9-12(5-6-15)17-13(16-9)8-10-3-2-4-11(14)7-10/h2-4,7H,5-6,8,15H2,1H3. The predicted octanol–water partition coefficient (Wildman–Crippen LogP) is 3.31. The van der Waals surface area contributed by atoms with Gasteiger partial charge in [-0.2, -0.15) is 0 Å². The van der Waals surface area contributed by atoms with Crippen molar-refractivity contribution in [3.63, 3.8) is 0 Å². The van der Waals surface area contributed by atoms with E-state index in [0.717, 1.165) is 23.0 Å². The first-order valence-electron chi connectivity index (χ1n) is 5.58. The summed E-state index contributed by atoms with van der Waals surface area (Å²) in [6, 6.07) is 8.36. The highest BCUT2D eigenvalue weighted by atomic mass is 79.9. The van der Waals surface area contributed by atoms with Crippen LogP contribution in [0.2, 0.25) is 0 Å². The van der Waals surface area contributed by atoms with Crippen LogP contribution in [-0.4, -0.2) is 11.5 Å². The van der Waals surface area contributed by atoms with Gasteiger partial charge in [-0.05, 0) is 37.6 Å². The van der Waals surface area contributed by atoms with Crippen molar-refractivity contribution in [3.05, 3.63) is 49.9 Å². The quantitative estimate of drug-likeness (QED) is 0.941. The van der Waals surface area contributed by atoms with Crippen molar-refractivity contribution in [1.29, 1.82) is 0 Å². The fraction of sp³-hybridized carbons (Fsp3) is 0.308. The molecule has 1 aromatic heterocycles. The number of benzene rings is 1. The van der Waals surface area contributed by atoms with Crippen molar-refractivity contribution in [2.75, 3.05) is 6.54 Å². The van der Waals surface area contributed by atoms with Crippen LogP contribution in [0.4, 0.5) is 0 Å². The molecule has 0 atom stereocenters. The van der Waals surface area contributed by atoms with Gasteiger partial charge in [0.05, 0.1) is 10.7 Å². The fourth-order valence-electron chi connectivity index (χ4n) is 1.75. The topological polar surface area (TPSA) is 38.9 Å². The molecule has 2 rings (SSSR count). The van der Waals surface area contributed by atoms with Crippen molar-refractivity contribution in [2.45, 2.75) is 19.8 Å². The lowest BCUT2D eigenvalue weighted by Crippen LogP contribution is -2.01. The van der Waals surface area contributed by atoms with Crippen LogP contribution in [0.25, 0.3) is 0 Å². The number of thiazole rings is 1. The second kappa shape index (κ2) is 5.76. The van der Waals surface area contributed by atoms with Crippen molar-refractivity contribution in [1.82, 2.24) is 4.98 Å². The SMILES string of the molecule is Cc1nc(Cc2cccc(Br)c2)sc1CCN. The Labute approximate surface area is 114 Å². The van der Waals surface area contributed by atoms with Crippen molar-refractivity contribution in [3.8, 4) is 0 Å². The van der Waals surface area contributed by atoms with Crippen LogP contribution in [0.5, 0.6) is 0 Å². The molecule has 0 bridgehead atoms. The van der Waals surface area contributed by atoms with Crippen LogP contribution >= 0.6 is 27.3 Å². The second-order valence-electron chi connectivity index (χ2n) is 3.96. The Hall–Kier alpha value is -0.710. The molecule has 0 unspecified atom stereocenters. The van der Waals surface area contributed by atoms with E-state index in [0.29, 0.717) is 6.54 Å². The smallest absolute Gasteiger partial charge is 0.0974 e. The summed E-state index contributed by atoms with van der Waals surface area (Å²) in [5.41, 5.74) is 8.00. The average Bonchev–Trinajstić information content (AvgIpc) is 2.60. The number of nitrogens with zero attached hydrogens (tertiary/aromatic N) is 1. The summed E-state index contributed by atoms with van der Waals surface area (Å²) in [5.74, 6) is 0. The van der Waals surface area contributed by atoms with E-state index in [9.17, 15) is 0 Å². The van der Waals surface area contributed by atoms with E-state index in [2.05, 4.69) is 46.0 Å². The molecular formula is C13H15BrN2S. The van der Waals surface area contributed by atoms with Crippen LogP contribution in [0, 0.1) is 6.92 Å². The zero-order valence-electron chi connectivity index (χ0n) is 9.74. The first-order valence-corrected chi connectivity index (χ1v) is 7.19. The molecule has 1 heterocycles. The highest BCUT2D eigenvalue weighted by molar-refractivity contribution is 9.10. The number of aromatic nitrogens is 1. The van der Waals surface area contributed by atoms with Gasteiger partial charge in [0.25, 0.3) is 0 Å². The minimum absolute atomic E-state index is 0.694. The fourth-order valence-corrected chi connectivity index (χ4v) is 3.31. The molecule has 0 saturated heterocycles. The summed E-state index contributed by atoms with van der Waals surface area (Å²) < 4.78 is 1.12. The van der Waals surface area contributed by atoms with Crippen LogP contribution in [0.15, 0.2) is 28.7 Å². The molecule has 0 aliphatic heterocycles. The predicted molar refractivity (Wildman–Crippen MR) is 76.6 cm³/mol. The molecule has 0 spiro atoms. The molecular weight excluding hydrogens is 296 g/mol. The summed E-state index contributed by atoms with van der Waals surface area (Å²) >= 11 is 5.26. The number of aryl methyl sites for hydroxylation is 1. The summed E-state index contributed by atoms with van der Waals surface area (Å²) in [5, 5.41) is 1.17. The largest absolute Gasteiger partial charge is 0.330 e. The van der Waals surface area contributed by atoms with E-state index in [-0.39, 0.29) is 0 Å². The van der Waals surface area contributed by atoms with Gasteiger partial charge in [0, 0.05) is 15.8 Å². The number of hydrogen-bond acceptors (Lipinski definition) is 3. The summed E-state index contributed by atoms with van der Waals surface area (Å²) in [6.07, 6.45) is 1.83. The van der Waals surface area contributed by atoms with Gasteiger partial charge in [0.2, 0.25) is 0 Å². The van der Waals surface area contributed by atoms with Crippen LogP contribution in [0.1, 0.15) is 21.1 Å². The van der Waals surface area contributed by atoms with E-state index in [1.807, 2.05) is 6.07 Å². The molecule has 2 nitrogen and oxygen atoms in total. The first kappa shape index (κ1) is 12.7. The summed E-state index contributed by atoms with van der Waals surface area (Å²) in [6.45, 7) is 2.76. The monoisotopic (exact) mass is 310 g/mol. The zero-order valence-corrected chi connectivity index (χ0v) is 12.1. The molecule has 2 aromatic rings. The molecule has 1 aromatic carbocycles. The van der Waals surface area contributed by atoms with E-state index in [4.69, 9.17) is 5.73 Å². The lowest BCUT2D eigenvalue weighted by molar-refractivity contribution is 0.966. The number of nitrogens with two attached hydrogens (primary N) is 1.